The van der Waals surface area contributed by atoms with Crippen LogP contribution >= 0.6 is 0 Å². The fourth-order valence-electron chi connectivity index (χ4n) is 1.78. The number of nitro groups is 1. The van der Waals surface area contributed by atoms with Gasteiger partial charge in [-0.25, -0.2) is 10.1 Å². The first-order valence-corrected chi connectivity index (χ1v) is 5.20. The summed E-state index contributed by atoms with van der Waals surface area (Å²) in [6, 6.07) is 0. The molecule has 1 atom stereocenters. The topological polar surface area (TPSA) is 71.2 Å². The molecule has 92 valence electrons. The molecule has 1 aliphatic heterocycles. The zero-order chi connectivity index (χ0) is 12.1. The number of hydrogen-bond acceptors (Lipinski definition) is 3. The van der Waals surface area contributed by atoms with Crippen molar-refractivity contribution in [2.24, 2.45) is 11.0 Å². The average Bonchev–Trinajstić information content (AvgIpc) is 2.65. The Morgan fingerprint density at radius 2 is 2.25 bits per heavy atom. The van der Waals surface area contributed by atoms with Crippen LogP contribution in [0.15, 0.2) is 5.10 Å². The summed E-state index contributed by atoms with van der Waals surface area (Å²) in [5.74, 6) is 0.791. The molecule has 0 aromatic heterocycles. The molecule has 0 spiro atoms. The van der Waals surface area contributed by atoms with Gasteiger partial charge in [-0.15, -0.1) is 0 Å². The van der Waals surface area contributed by atoms with Gasteiger partial charge >= 0.3 is 0 Å². The van der Waals surface area contributed by atoms with Gasteiger partial charge in [0.2, 0.25) is 0 Å². The molecule has 16 heavy (non-hydrogen) atoms. The molecule has 0 aromatic rings. The van der Waals surface area contributed by atoms with E-state index in [1.165, 1.54) is 0 Å². The number of nitrogens with zero attached hydrogens (tertiary/aromatic N) is 4. The van der Waals surface area contributed by atoms with Gasteiger partial charge in [-0.3, -0.25) is 0 Å². The number of guanidine groups is 1. The normalized spacial score (nSPS) is 20.9. The van der Waals surface area contributed by atoms with Crippen LogP contribution in [0, 0.1) is 16.0 Å². The van der Waals surface area contributed by atoms with Gasteiger partial charge in [0.1, 0.15) is 5.10 Å². The predicted octanol–water partition coefficient (Wildman–Crippen LogP) is 0.0640. The Hall–Kier alpha value is -1.37. The maximum Gasteiger partial charge on any atom is 0.273 e. The highest BCUT2D eigenvalue weighted by atomic mass is 16.7. The third kappa shape index (κ3) is 3.65. The van der Waals surface area contributed by atoms with Gasteiger partial charge in [0.05, 0.1) is 6.61 Å². The van der Waals surface area contributed by atoms with Gasteiger partial charge in [-0.2, -0.15) is 0 Å². The zero-order valence-electron chi connectivity index (χ0n) is 9.92. The Balaban J connectivity index is 2.59. The van der Waals surface area contributed by atoms with Gasteiger partial charge in [0.25, 0.3) is 5.96 Å². The van der Waals surface area contributed by atoms with Gasteiger partial charge in [0, 0.05) is 40.2 Å². The van der Waals surface area contributed by atoms with Gasteiger partial charge in [-0.1, -0.05) is 0 Å². The highest BCUT2D eigenvalue weighted by Gasteiger charge is 2.21. The largest absolute Gasteiger partial charge is 0.381 e. The molecule has 0 N–H and O–H groups in total. The van der Waals surface area contributed by atoms with Crippen molar-refractivity contribution in [1.29, 1.82) is 0 Å². The van der Waals surface area contributed by atoms with Crippen LogP contribution in [0.1, 0.15) is 6.42 Å². The molecule has 0 bridgehead atoms. The molecule has 1 unspecified atom stereocenters. The summed E-state index contributed by atoms with van der Waals surface area (Å²) in [4.78, 5) is 13.8. The van der Waals surface area contributed by atoms with E-state index in [0.29, 0.717) is 11.9 Å². The predicted molar refractivity (Wildman–Crippen MR) is 59.7 cm³/mol. The van der Waals surface area contributed by atoms with Gasteiger partial charge in [0.15, 0.2) is 5.03 Å². The van der Waals surface area contributed by atoms with E-state index >= 15 is 0 Å². The Kier molecular flexibility index (Phi) is 4.48. The van der Waals surface area contributed by atoms with Crippen molar-refractivity contribution < 1.29 is 9.77 Å². The first-order chi connectivity index (χ1) is 7.50. The van der Waals surface area contributed by atoms with E-state index < -0.39 is 5.03 Å². The van der Waals surface area contributed by atoms with Crippen molar-refractivity contribution >= 4 is 5.96 Å². The quantitative estimate of drug-likeness (QED) is 0.297. The number of hydrogen-bond donors (Lipinski definition) is 0. The third-order valence-corrected chi connectivity index (χ3v) is 2.47. The van der Waals surface area contributed by atoms with Crippen LogP contribution < -0.4 is 0 Å². The summed E-state index contributed by atoms with van der Waals surface area (Å²) < 4.78 is 5.27. The fourth-order valence-corrected chi connectivity index (χ4v) is 1.78. The molecule has 7 heteroatoms. The molecule has 0 aliphatic carbocycles. The molecule has 0 saturated carbocycles. The zero-order valence-corrected chi connectivity index (χ0v) is 9.92. The minimum absolute atomic E-state index is 0.358. The minimum Gasteiger partial charge on any atom is -0.381 e. The number of hydrazone groups is 1. The maximum absolute atomic E-state index is 10.4. The second kappa shape index (κ2) is 5.64. The molecule has 1 rings (SSSR count). The molecule has 1 saturated heterocycles. The lowest BCUT2D eigenvalue weighted by molar-refractivity contribution is -0.486. The third-order valence-electron chi connectivity index (χ3n) is 2.47. The van der Waals surface area contributed by atoms with E-state index in [0.717, 1.165) is 26.2 Å². The van der Waals surface area contributed by atoms with Gasteiger partial charge < -0.3 is 14.5 Å². The van der Waals surface area contributed by atoms with Crippen molar-refractivity contribution in [2.45, 2.75) is 6.42 Å². The lowest BCUT2D eigenvalue weighted by Crippen LogP contribution is -2.41. The lowest BCUT2D eigenvalue weighted by atomic mass is 10.1. The second-order valence-corrected chi connectivity index (χ2v) is 4.14. The highest BCUT2D eigenvalue weighted by molar-refractivity contribution is 5.78. The van der Waals surface area contributed by atoms with Gasteiger partial charge in [-0.05, 0) is 6.42 Å². The summed E-state index contributed by atoms with van der Waals surface area (Å²) in [7, 11) is 5.29. The van der Waals surface area contributed by atoms with Crippen molar-refractivity contribution in [2.75, 3.05) is 40.9 Å². The lowest BCUT2D eigenvalue weighted by Gasteiger charge is -2.25. The first-order valence-electron chi connectivity index (χ1n) is 5.20. The average molecular weight is 230 g/mol. The van der Waals surface area contributed by atoms with Crippen LogP contribution in [0.5, 0.6) is 0 Å². The summed E-state index contributed by atoms with van der Waals surface area (Å²) in [6.45, 7) is 2.23. The van der Waals surface area contributed by atoms with Crippen molar-refractivity contribution in [3.63, 3.8) is 0 Å². The smallest absolute Gasteiger partial charge is 0.273 e. The molecule has 1 heterocycles. The maximum atomic E-state index is 10.4. The standard InChI is InChI=1S/C9H18N4O3/c1-11(2)9(10-13(14)15)12(3)6-8-4-5-16-7-8/h8H,4-7H2,1-3H3/b10-9+. The van der Waals surface area contributed by atoms with E-state index in [9.17, 15) is 10.1 Å². The van der Waals surface area contributed by atoms with E-state index in [2.05, 4.69) is 5.10 Å². The van der Waals surface area contributed by atoms with Crippen molar-refractivity contribution in [3.8, 4) is 0 Å². The van der Waals surface area contributed by atoms with Crippen LogP contribution in [-0.4, -0.2) is 61.7 Å². The summed E-state index contributed by atoms with van der Waals surface area (Å²) in [6.07, 6.45) is 1.00. The molecule has 7 nitrogen and oxygen atoms in total. The first kappa shape index (κ1) is 12.7. The van der Waals surface area contributed by atoms with Crippen LogP contribution in [-0.2, 0) is 4.74 Å². The summed E-state index contributed by atoms with van der Waals surface area (Å²) in [5.41, 5.74) is 0. The fraction of sp³-hybridized carbons (Fsp3) is 0.889. The number of rotatable bonds is 3. The van der Waals surface area contributed by atoms with E-state index in [1.54, 1.807) is 30.9 Å². The monoisotopic (exact) mass is 230 g/mol. The molecular formula is C9H18N4O3. The van der Waals surface area contributed by atoms with Crippen LogP contribution in [0.2, 0.25) is 0 Å². The summed E-state index contributed by atoms with van der Waals surface area (Å²) in [5, 5.41) is 13.1. The Bertz CT molecular complexity index is 274. The minimum atomic E-state index is -0.670. The summed E-state index contributed by atoms with van der Waals surface area (Å²) >= 11 is 0. The Morgan fingerprint density at radius 3 is 2.69 bits per heavy atom. The van der Waals surface area contributed by atoms with Crippen LogP contribution in [0.3, 0.4) is 0 Å². The molecule has 0 amide bonds. The molecule has 1 fully saturated rings. The Morgan fingerprint density at radius 1 is 1.56 bits per heavy atom. The molecule has 1 aliphatic rings. The van der Waals surface area contributed by atoms with E-state index in [4.69, 9.17) is 4.74 Å². The molecule has 0 radical (unpaired) electrons. The molecular weight excluding hydrogens is 212 g/mol. The van der Waals surface area contributed by atoms with Crippen molar-refractivity contribution in [1.82, 2.24) is 9.80 Å². The molecule has 0 aromatic carbocycles. The Labute approximate surface area is 94.8 Å². The van der Waals surface area contributed by atoms with E-state index in [1.807, 2.05) is 0 Å². The van der Waals surface area contributed by atoms with Crippen LogP contribution in [0.25, 0.3) is 0 Å². The SMILES string of the molecule is CN(C)/C(=N\[N+](=O)[O-])N(C)CC1CCOC1. The van der Waals surface area contributed by atoms with Crippen molar-refractivity contribution in [3.05, 3.63) is 10.1 Å². The highest BCUT2D eigenvalue weighted by Crippen LogP contribution is 2.13. The number of ether oxygens (including phenoxy) is 1. The van der Waals surface area contributed by atoms with E-state index in [-0.39, 0.29) is 0 Å². The van der Waals surface area contributed by atoms with Crippen LogP contribution in [0.4, 0.5) is 0 Å². The second-order valence-electron chi connectivity index (χ2n) is 4.14.